The molecular weight excluding hydrogens is 186 g/mol. The second-order valence-electron chi connectivity index (χ2n) is 5.83. The van der Waals surface area contributed by atoms with Gasteiger partial charge in [0.05, 0.1) is 6.10 Å². The largest absolute Gasteiger partial charge is 0.392 e. The fraction of sp³-hybridized carbons (Fsp3) is 1.00. The summed E-state index contributed by atoms with van der Waals surface area (Å²) in [5, 5.41) is 10.4. The van der Waals surface area contributed by atoms with Gasteiger partial charge in [0.25, 0.3) is 0 Å². The molecule has 1 aliphatic rings. The van der Waals surface area contributed by atoms with Crippen LogP contribution < -0.4 is 5.73 Å². The van der Waals surface area contributed by atoms with Crippen LogP contribution in [-0.2, 0) is 0 Å². The number of aliphatic hydroxyl groups excluding tert-OH is 1. The van der Waals surface area contributed by atoms with Crippen molar-refractivity contribution in [1.82, 2.24) is 0 Å². The first kappa shape index (κ1) is 13.0. The summed E-state index contributed by atoms with van der Waals surface area (Å²) in [7, 11) is 0. The zero-order chi connectivity index (χ0) is 11.5. The lowest BCUT2D eigenvalue weighted by Crippen LogP contribution is -2.41. The fourth-order valence-electron chi connectivity index (χ4n) is 3.25. The molecule has 0 amide bonds. The fourth-order valence-corrected chi connectivity index (χ4v) is 3.25. The van der Waals surface area contributed by atoms with Gasteiger partial charge in [0, 0.05) is 0 Å². The molecule has 2 heteroatoms. The third-order valence-corrected chi connectivity index (χ3v) is 3.95. The molecule has 2 nitrogen and oxygen atoms in total. The van der Waals surface area contributed by atoms with Crippen molar-refractivity contribution >= 4 is 0 Å². The van der Waals surface area contributed by atoms with Gasteiger partial charge in [-0.2, -0.15) is 0 Å². The Morgan fingerprint density at radius 2 is 1.73 bits per heavy atom. The van der Waals surface area contributed by atoms with E-state index in [2.05, 4.69) is 20.8 Å². The van der Waals surface area contributed by atoms with Gasteiger partial charge < -0.3 is 10.8 Å². The number of hydrogen-bond acceptors (Lipinski definition) is 2. The summed E-state index contributed by atoms with van der Waals surface area (Å²) in [6.07, 6.45) is 5.89. The van der Waals surface area contributed by atoms with Crippen LogP contribution in [0.4, 0.5) is 0 Å². The molecule has 90 valence electrons. The van der Waals surface area contributed by atoms with Gasteiger partial charge in [0.1, 0.15) is 0 Å². The maximum Gasteiger partial charge on any atom is 0.0634 e. The van der Waals surface area contributed by atoms with Gasteiger partial charge >= 0.3 is 0 Å². The molecule has 0 spiro atoms. The number of rotatable bonds is 5. The molecular formula is C13H27NO. The molecule has 1 saturated carbocycles. The molecule has 1 aliphatic carbocycles. The Balaban J connectivity index is 2.71. The lowest BCUT2D eigenvalue weighted by atomic mass is 9.70. The van der Waals surface area contributed by atoms with Crippen molar-refractivity contribution < 1.29 is 5.11 Å². The average Bonchev–Trinajstić information content (AvgIpc) is 2.64. The number of nitrogens with two attached hydrogens (primary N) is 1. The summed E-state index contributed by atoms with van der Waals surface area (Å²) in [5.41, 5.74) is 5.84. The van der Waals surface area contributed by atoms with Crippen molar-refractivity contribution in [3.8, 4) is 0 Å². The summed E-state index contributed by atoms with van der Waals surface area (Å²) in [6, 6.07) is 0. The lowest BCUT2D eigenvalue weighted by molar-refractivity contribution is -0.0212. The second-order valence-corrected chi connectivity index (χ2v) is 5.83. The van der Waals surface area contributed by atoms with E-state index in [4.69, 9.17) is 5.73 Å². The van der Waals surface area contributed by atoms with Crippen molar-refractivity contribution in [2.45, 2.75) is 59.0 Å². The van der Waals surface area contributed by atoms with E-state index in [9.17, 15) is 5.11 Å². The van der Waals surface area contributed by atoms with Crippen molar-refractivity contribution in [1.29, 1.82) is 0 Å². The molecule has 2 unspecified atom stereocenters. The molecule has 0 aliphatic heterocycles. The summed E-state index contributed by atoms with van der Waals surface area (Å²) >= 11 is 0. The van der Waals surface area contributed by atoms with E-state index in [1.54, 1.807) is 0 Å². The molecule has 2 atom stereocenters. The Morgan fingerprint density at radius 3 is 2.13 bits per heavy atom. The zero-order valence-corrected chi connectivity index (χ0v) is 10.5. The predicted molar refractivity (Wildman–Crippen MR) is 64.6 cm³/mol. The Morgan fingerprint density at radius 1 is 1.20 bits per heavy atom. The quantitative estimate of drug-likeness (QED) is 0.737. The maximum absolute atomic E-state index is 10.4. The minimum absolute atomic E-state index is 0.174. The monoisotopic (exact) mass is 213 g/mol. The van der Waals surface area contributed by atoms with Crippen LogP contribution in [0.25, 0.3) is 0 Å². The van der Waals surface area contributed by atoms with Crippen molar-refractivity contribution in [3.63, 3.8) is 0 Å². The Bertz CT molecular complexity index is 185. The molecule has 1 fully saturated rings. The van der Waals surface area contributed by atoms with E-state index in [1.807, 2.05) is 0 Å². The zero-order valence-electron chi connectivity index (χ0n) is 10.5. The van der Waals surface area contributed by atoms with E-state index in [0.717, 1.165) is 6.42 Å². The van der Waals surface area contributed by atoms with Crippen LogP contribution in [0.1, 0.15) is 52.9 Å². The molecule has 0 heterocycles. The van der Waals surface area contributed by atoms with E-state index < -0.39 is 0 Å². The van der Waals surface area contributed by atoms with E-state index in [-0.39, 0.29) is 17.4 Å². The standard InChI is InChI=1S/C13H27NO/c1-10(2)8-13(6-4-5-7-13)12(15)11(3)9-14/h10-12,15H,4-9,14H2,1-3H3. The summed E-state index contributed by atoms with van der Waals surface area (Å²) in [6.45, 7) is 7.17. The van der Waals surface area contributed by atoms with Crippen LogP contribution in [0.15, 0.2) is 0 Å². The maximum atomic E-state index is 10.4. The highest BCUT2D eigenvalue weighted by molar-refractivity contribution is 4.93. The average molecular weight is 213 g/mol. The predicted octanol–water partition coefficient (Wildman–Crippen LogP) is 2.55. The summed E-state index contributed by atoms with van der Waals surface area (Å²) < 4.78 is 0. The highest BCUT2D eigenvalue weighted by Gasteiger charge is 2.42. The van der Waals surface area contributed by atoms with Gasteiger partial charge in [0.2, 0.25) is 0 Å². The Labute approximate surface area is 94.2 Å². The minimum Gasteiger partial charge on any atom is -0.392 e. The molecule has 0 radical (unpaired) electrons. The van der Waals surface area contributed by atoms with Gasteiger partial charge in [-0.05, 0) is 43.1 Å². The third-order valence-electron chi connectivity index (χ3n) is 3.95. The van der Waals surface area contributed by atoms with Crippen molar-refractivity contribution in [2.75, 3.05) is 6.54 Å². The topological polar surface area (TPSA) is 46.2 Å². The van der Waals surface area contributed by atoms with Crippen molar-refractivity contribution in [2.24, 2.45) is 23.0 Å². The van der Waals surface area contributed by atoms with Gasteiger partial charge in [-0.25, -0.2) is 0 Å². The molecule has 0 aromatic carbocycles. The van der Waals surface area contributed by atoms with E-state index >= 15 is 0 Å². The Kier molecular flexibility index (Phi) is 4.60. The highest BCUT2D eigenvalue weighted by Crippen LogP contribution is 2.47. The summed E-state index contributed by atoms with van der Waals surface area (Å²) in [5.74, 6) is 0.907. The van der Waals surface area contributed by atoms with E-state index in [0.29, 0.717) is 12.5 Å². The minimum atomic E-state index is -0.201. The number of hydrogen-bond donors (Lipinski definition) is 2. The van der Waals surface area contributed by atoms with Crippen LogP contribution in [0.2, 0.25) is 0 Å². The first-order valence-electron chi connectivity index (χ1n) is 6.40. The van der Waals surface area contributed by atoms with Crippen LogP contribution in [0.5, 0.6) is 0 Å². The third kappa shape index (κ3) is 2.94. The normalized spacial score (nSPS) is 24.4. The highest BCUT2D eigenvalue weighted by atomic mass is 16.3. The SMILES string of the molecule is CC(C)CC1(C(O)C(C)CN)CCCC1. The smallest absolute Gasteiger partial charge is 0.0634 e. The summed E-state index contributed by atoms with van der Waals surface area (Å²) in [4.78, 5) is 0. The molecule has 0 saturated heterocycles. The molecule has 3 N–H and O–H groups in total. The van der Waals surface area contributed by atoms with Crippen LogP contribution in [-0.4, -0.2) is 17.8 Å². The van der Waals surface area contributed by atoms with Gasteiger partial charge in [-0.1, -0.05) is 33.6 Å². The first-order valence-corrected chi connectivity index (χ1v) is 6.40. The van der Waals surface area contributed by atoms with Crippen molar-refractivity contribution in [3.05, 3.63) is 0 Å². The van der Waals surface area contributed by atoms with Crippen LogP contribution in [0, 0.1) is 17.3 Å². The molecule has 1 rings (SSSR count). The molecule has 0 aromatic heterocycles. The Hall–Kier alpha value is -0.0800. The second kappa shape index (κ2) is 5.31. The van der Waals surface area contributed by atoms with Crippen LogP contribution >= 0.6 is 0 Å². The van der Waals surface area contributed by atoms with Gasteiger partial charge in [-0.15, -0.1) is 0 Å². The van der Waals surface area contributed by atoms with Gasteiger partial charge in [-0.3, -0.25) is 0 Å². The molecule has 15 heavy (non-hydrogen) atoms. The molecule has 0 aromatic rings. The van der Waals surface area contributed by atoms with Gasteiger partial charge in [0.15, 0.2) is 0 Å². The molecule has 0 bridgehead atoms. The number of aliphatic hydroxyl groups is 1. The lowest BCUT2D eigenvalue weighted by Gasteiger charge is -2.38. The van der Waals surface area contributed by atoms with Crippen LogP contribution in [0.3, 0.4) is 0 Å². The first-order chi connectivity index (χ1) is 7.02. The van der Waals surface area contributed by atoms with E-state index in [1.165, 1.54) is 25.7 Å².